The third-order valence-electron chi connectivity index (χ3n) is 4.50. The van der Waals surface area contributed by atoms with Gasteiger partial charge in [0, 0.05) is 33.2 Å². The average Bonchev–Trinajstić information content (AvgIpc) is 3.03. The number of rotatable bonds is 4. The number of hydrogen-bond acceptors (Lipinski definition) is 4. The molecule has 4 nitrogen and oxygen atoms in total. The molecule has 0 radical (unpaired) electrons. The van der Waals surface area contributed by atoms with Crippen molar-refractivity contribution in [3.63, 3.8) is 0 Å². The molecule has 26 heavy (non-hydrogen) atoms. The van der Waals surface area contributed by atoms with Gasteiger partial charge >= 0.3 is 0 Å². The standard InChI is InChI=1S/C21H19N3OS/c1-3-24-14(2)16(13-22-24)8-10-19(25)15-9-11-21-18(12-15)23-17-6-4-5-7-20(17)26-21/h4-13,23H,3H2,1-2H3/b10-8+. The minimum atomic E-state index is -0.0119. The summed E-state index contributed by atoms with van der Waals surface area (Å²) in [5.41, 5.74) is 4.76. The van der Waals surface area contributed by atoms with Crippen molar-refractivity contribution in [2.75, 3.05) is 5.32 Å². The van der Waals surface area contributed by atoms with E-state index in [-0.39, 0.29) is 5.78 Å². The van der Waals surface area contributed by atoms with E-state index in [1.54, 1.807) is 24.0 Å². The molecule has 4 rings (SSSR count). The Labute approximate surface area is 156 Å². The summed E-state index contributed by atoms with van der Waals surface area (Å²) in [6.07, 6.45) is 5.26. The van der Waals surface area contributed by atoms with Gasteiger partial charge in [0.15, 0.2) is 5.78 Å². The molecule has 0 amide bonds. The van der Waals surface area contributed by atoms with Gasteiger partial charge in [-0.1, -0.05) is 23.9 Å². The second-order valence-electron chi connectivity index (χ2n) is 6.13. The number of fused-ring (bicyclic) bond motifs is 2. The quantitative estimate of drug-likeness (QED) is 0.395. The molecule has 1 N–H and O–H groups in total. The van der Waals surface area contributed by atoms with Crippen molar-refractivity contribution in [2.45, 2.75) is 30.2 Å². The molecule has 1 aliphatic heterocycles. The smallest absolute Gasteiger partial charge is 0.185 e. The molecular formula is C21H19N3OS. The fourth-order valence-electron chi connectivity index (χ4n) is 3.00. The number of aryl methyl sites for hydroxylation is 1. The highest BCUT2D eigenvalue weighted by Crippen LogP contribution is 2.44. The summed E-state index contributed by atoms with van der Waals surface area (Å²) in [4.78, 5) is 14.9. The van der Waals surface area contributed by atoms with Crippen molar-refractivity contribution in [3.05, 3.63) is 71.6 Å². The molecule has 0 unspecified atom stereocenters. The van der Waals surface area contributed by atoms with Crippen LogP contribution in [-0.4, -0.2) is 15.6 Å². The number of aromatic nitrogens is 2. The number of carbonyl (C=O) groups is 1. The van der Waals surface area contributed by atoms with Crippen LogP contribution in [0, 0.1) is 6.92 Å². The molecular weight excluding hydrogens is 342 g/mol. The van der Waals surface area contributed by atoms with Crippen LogP contribution in [0.5, 0.6) is 0 Å². The molecule has 2 heterocycles. The molecule has 130 valence electrons. The first-order valence-electron chi connectivity index (χ1n) is 8.58. The molecule has 2 aromatic carbocycles. The van der Waals surface area contributed by atoms with Crippen LogP contribution in [0.4, 0.5) is 11.4 Å². The Kier molecular flexibility index (Phi) is 4.39. The number of nitrogens with zero attached hydrogens (tertiary/aromatic N) is 2. The van der Waals surface area contributed by atoms with Gasteiger partial charge in [-0.3, -0.25) is 9.48 Å². The molecule has 0 bridgehead atoms. The molecule has 0 saturated heterocycles. The van der Waals surface area contributed by atoms with Crippen LogP contribution in [0.1, 0.15) is 28.5 Å². The summed E-state index contributed by atoms with van der Waals surface area (Å²) in [6, 6.07) is 14.0. The molecule has 1 aromatic heterocycles. The SMILES string of the molecule is CCn1ncc(/C=C/C(=O)c2ccc3c(c2)Nc2ccccc2S3)c1C. The second kappa shape index (κ2) is 6.84. The predicted octanol–water partition coefficient (Wildman–Crippen LogP) is 5.32. The van der Waals surface area contributed by atoms with Crippen molar-refractivity contribution in [1.29, 1.82) is 0 Å². The molecule has 5 heteroatoms. The first-order valence-corrected chi connectivity index (χ1v) is 9.40. The summed E-state index contributed by atoms with van der Waals surface area (Å²) in [5.74, 6) is -0.0119. The van der Waals surface area contributed by atoms with Gasteiger partial charge in [-0.25, -0.2) is 0 Å². The molecule has 0 atom stereocenters. The normalized spacial score (nSPS) is 12.5. The molecule has 0 aliphatic carbocycles. The number of nitrogens with one attached hydrogen (secondary N) is 1. The summed E-state index contributed by atoms with van der Waals surface area (Å²) >= 11 is 1.72. The van der Waals surface area contributed by atoms with Crippen molar-refractivity contribution in [2.24, 2.45) is 0 Å². The number of carbonyl (C=O) groups excluding carboxylic acids is 1. The van der Waals surface area contributed by atoms with Gasteiger partial charge in [0.25, 0.3) is 0 Å². The van der Waals surface area contributed by atoms with Crippen LogP contribution < -0.4 is 5.32 Å². The lowest BCUT2D eigenvalue weighted by Crippen LogP contribution is -2.02. The third-order valence-corrected chi connectivity index (χ3v) is 5.65. The van der Waals surface area contributed by atoms with Gasteiger partial charge in [0.05, 0.1) is 17.6 Å². The van der Waals surface area contributed by atoms with Gasteiger partial charge in [-0.15, -0.1) is 0 Å². The van der Waals surface area contributed by atoms with E-state index in [1.807, 2.05) is 54.1 Å². The topological polar surface area (TPSA) is 46.9 Å². The summed E-state index contributed by atoms with van der Waals surface area (Å²) in [6.45, 7) is 4.89. The van der Waals surface area contributed by atoms with Crippen molar-refractivity contribution in [1.82, 2.24) is 9.78 Å². The van der Waals surface area contributed by atoms with Gasteiger partial charge in [0.2, 0.25) is 0 Å². The first kappa shape index (κ1) is 16.7. The third kappa shape index (κ3) is 3.06. The minimum Gasteiger partial charge on any atom is -0.354 e. The van der Waals surface area contributed by atoms with Crippen molar-refractivity contribution in [3.8, 4) is 0 Å². The molecule has 1 aliphatic rings. The van der Waals surface area contributed by atoms with Crippen LogP contribution in [-0.2, 0) is 6.54 Å². The van der Waals surface area contributed by atoms with E-state index >= 15 is 0 Å². The largest absolute Gasteiger partial charge is 0.354 e. The zero-order valence-corrected chi connectivity index (χ0v) is 15.5. The highest BCUT2D eigenvalue weighted by atomic mass is 32.2. The van der Waals surface area contributed by atoms with Gasteiger partial charge < -0.3 is 5.32 Å². The van der Waals surface area contributed by atoms with E-state index in [1.165, 1.54) is 4.90 Å². The molecule has 0 saturated carbocycles. The van der Waals surface area contributed by atoms with Crippen molar-refractivity contribution < 1.29 is 4.79 Å². The van der Waals surface area contributed by atoms with E-state index in [4.69, 9.17) is 0 Å². The molecule has 3 aromatic rings. The van der Waals surface area contributed by atoms with Crippen LogP contribution in [0.25, 0.3) is 6.08 Å². The maximum Gasteiger partial charge on any atom is 0.185 e. The zero-order valence-electron chi connectivity index (χ0n) is 14.7. The Morgan fingerprint density at radius 1 is 1.19 bits per heavy atom. The lowest BCUT2D eigenvalue weighted by atomic mass is 10.1. The fraction of sp³-hybridized carbons (Fsp3) is 0.143. The Balaban J connectivity index is 1.56. The maximum absolute atomic E-state index is 12.6. The number of allylic oxidation sites excluding steroid dienone is 1. The Morgan fingerprint density at radius 2 is 2.00 bits per heavy atom. The van der Waals surface area contributed by atoms with E-state index in [2.05, 4.69) is 23.4 Å². The van der Waals surface area contributed by atoms with Gasteiger partial charge in [0.1, 0.15) is 0 Å². The number of hydrogen-bond donors (Lipinski definition) is 1. The Hall–Kier alpha value is -2.79. The number of anilines is 2. The summed E-state index contributed by atoms with van der Waals surface area (Å²) in [5, 5.41) is 7.72. The Morgan fingerprint density at radius 3 is 2.81 bits per heavy atom. The summed E-state index contributed by atoms with van der Waals surface area (Å²) in [7, 11) is 0. The monoisotopic (exact) mass is 361 g/mol. The highest BCUT2D eigenvalue weighted by molar-refractivity contribution is 7.99. The Bertz CT molecular complexity index is 1020. The maximum atomic E-state index is 12.6. The lowest BCUT2D eigenvalue weighted by molar-refractivity contribution is 0.104. The lowest BCUT2D eigenvalue weighted by Gasteiger charge is -2.20. The van der Waals surface area contributed by atoms with Gasteiger partial charge in [-0.05, 0) is 56.3 Å². The average molecular weight is 361 g/mol. The summed E-state index contributed by atoms with van der Waals surface area (Å²) < 4.78 is 1.92. The first-order chi connectivity index (χ1) is 12.7. The van der Waals surface area contributed by atoms with Crippen LogP contribution in [0.15, 0.2) is 64.5 Å². The van der Waals surface area contributed by atoms with E-state index in [0.717, 1.165) is 34.1 Å². The van der Waals surface area contributed by atoms with E-state index in [9.17, 15) is 4.79 Å². The highest BCUT2D eigenvalue weighted by Gasteiger charge is 2.16. The predicted molar refractivity (Wildman–Crippen MR) is 106 cm³/mol. The second-order valence-corrected chi connectivity index (χ2v) is 7.22. The van der Waals surface area contributed by atoms with Crippen LogP contribution >= 0.6 is 11.8 Å². The number of para-hydroxylation sites is 1. The molecule has 0 spiro atoms. The van der Waals surface area contributed by atoms with Crippen LogP contribution in [0.2, 0.25) is 0 Å². The fourth-order valence-corrected chi connectivity index (χ4v) is 3.97. The zero-order chi connectivity index (χ0) is 18.1. The van der Waals surface area contributed by atoms with Crippen LogP contribution in [0.3, 0.4) is 0 Å². The molecule has 0 fully saturated rings. The van der Waals surface area contributed by atoms with Gasteiger partial charge in [-0.2, -0.15) is 5.10 Å². The van der Waals surface area contributed by atoms with Crippen molar-refractivity contribution >= 4 is 35.0 Å². The van der Waals surface area contributed by atoms with E-state index in [0.29, 0.717) is 5.56 Å². The number of ketones is 1. The minimum absolute atomic E-state index is 0.0119. The number of benzene rings is 2. The van der Waals surface area contributed by atoms with E-state index < -0.39 is 0 Å².